The first-order valence-corrected chi connectivity index (χ1v) is 18.0. The van der Waals surface area contributed by atoms with Crippen LogP contribution >= 0.6 is 65.8 Å². The zero-order valence-corrected chi connectivity index (χ0v) is 63.0. The van der Waals surface area contributed by atoms with Gasteiger partial charge in [0.2, 0.25) is 0 Å². The summed E-state index contributed by atoms with van der Waals surface area (Å²) in [6, 6.07) is 0. The Labute approximate surface area is 609 Å². The molecule has 322 valence electrons. The molecule has 0 atom stereocenters. The maximum atomic E-state index is 9.40. The molecular formula is C32H82B2Br4K4Na2O12. The van der Waals surface area contributed by atoms with Crippen LogP contribution in [0.3, 0.4) is 0 Å². The van der Waals surface area contributed by atoms with Crippen molar-refractivity contribution in [3.8, 4) is 0 Å². The number of hydrogen-bond donors (Lipinski definition) is 2. The molecule has 6 radical (unpaired) electrons. The molecule has 12 nitrogen and oxygen atoms in total. The van der Waals surface area contributed by atoms with Crippen molar-refractivity contribution in [1.82, 2.24) is 0 Å². The summed E-state index contributed by atoms with van der Waals surface area (Å²) in [7, 11) is 3.41. The van der Waals surface area contributed by atoms with Gasteiger partial charge in [-0.2, -0.15) is 0 Å². The molecule has 0 aliphatic carbocycles. The van der Waals surface area contributed by atoms with Crippen molar-refractivity contribution >= 4 is 108 Å². The van der Waals surface area contributed by atoms with Gasteiger partial charge in [0.05, 0.1) is 0 Å². The molecule has 0 heterocycles. The number of rotatable bonds is 12. The number of aliphatic hydroxyl groups excluding tert-OH is 2. The summed E-state index contributed by atoms with van der Waals surface area (Å²) in [5.74, 6) is 0. The number of alkyl halides is 2. The van der Waals surface area contributed by atoms with Crippen LogP contribution in [0.25, 0.3) is 0 Å². The van der Waals surface area contributed by atoms with Crippen molar-refractivity contribution in [2.24, 2.45) is 0 Å². The standard InChI is InChI=1S/C5H12O.C4H9Br.C4H10O.C4H8O.C3H8O.C2H5Br.C2H6O.C2H4O.2C2H6.2CH2O3.2B.2BrH.4K.2Na.4H/c1-3-4-5-6-2;3*1-2-3-4-5;1-3-4-2;3*1-2-3;2*1-2;2*2-1-4-3;;;;;;;;;;;;;;/h3-5H2,1-2H3;2-4H2,1H3;5H,2-4H2,1H3;4H,2-3H2,1H3;3H2,1-2H3;2H2,1H3;3H,2H2,1H3;2H,1H3;2*1-2H3;2*1,3H;;;2*1H;;;;;;;;;;/q;;;;;;;;;;;;;;;;6*+1;4*-1/p-2. The van der Waals surface area contributed by atoms with Crippen LogP contribution in [-0.2, 0) is 38.4 Å². The third-order valence-electron chi connectivity index (χ3n) is 2.47. The van der Waals surface area contributed by atoms with E-state index in [2.05, 4.69) is 67.1 Å². The summed E-state index contributed by atoms with van der Waals surface area (Å²) in [6.45, 7) is 25.5. The molecule has 0 aromatic carbocycles. The Morgan fingerprint density at radius 1 is 0.625 bits per heavy atom. The first-order chi connectivity index (χ1) is 22.1. The van der Waals surface area contributed by atoms with Gasteiger partial charge in [0.25, 0.3) is 12.9 Å². The van der Waals surface area contributed by atoms with Crippen molar-refractivity contribution in [3.05, 3.63) is 0 Å². The minimum Gasteiger partial charge on any atom is -1.00 e. The Hall–Kier alpha value is 8.64. The maximum Gasteiger partial charge on any atom is 1.00 e. The molecule has 24 heteroatoms. The summed E-state index contributed by atoms with van der Waals surface area (Å²) in [4.78, 5) is 40.7. The zero-order valence-electron chi connectivity index (χ0n) is 43.9. The predicted molar refractivity (Wildman–Crippen MR) is 234 cm³/mol. The van der Waals surface area contributed by atoms with Crippen LogP contribution in [0.2, 0.25) is 0 Å². The average Bonchev–Trinajstić information content (AvgIpc) is 3.09. The van der Waals surface area contributed by atoms with E-state index in [0.717, 1.165) is 55.7 Å². The van der Waals surface area contributed by atoms with Crippen LogP contribution in [0.5, 0.6) is 0 Å². The quantitative estimate of drug-likeness (QED) is 0.0470. The van der Waals surface area contributed by atoms with E-state index in [-0.39, 0.29) is 341 Å². The smallest absolute Gasteiger partial charge is 1.00 e. The summed E-state index contributed by atoms with van der Waals surface area (Å²) in [5.41, 5.74) is 0. The molecule has 0 saturated heterocycles. The molecule has 0 aromatic heterocycles. The van der Waals surface area contributed by atoms with Gasteiger partial charge in [-0.25, -0.2) is 0 Å². The van der Waals surface area contributed by atoms with Crippen LogP contribution in [0.4, 0.5) is 0 Å². The van der Waals surface area contributed by atoms with Crippen molar-refractivity contribution in [1.29, 1.82) is 0 Å². The number of methoxy groups -OCH3 is 2. The Bertz CT molecular complexity index is 384. The van der Waals surface area contributed by atoms with Gasteiger partial charge in [-0.15, -0.1) is 34.0 Å². The Morgan fingerprint density at radius 3 is 0.875 bits per heavy atom. The number of unbranched alkanes of at least 4 members (excludes halogenated alkanes) is 4. The number of aldehydes is 2. The minimum atomic E-state index is -0.181. The van der Waals surface area contributed by atoms with Crippen LogP contribution in [0.1, 0.15) is 140 Å². The Balaban J connectivity index is -0.00000000866. The van der Waals surface area contributed by atoms with Gasteiger partial charge in [-0.05, 0) is 46.5 Å². The molecule has 0 saturated carbocycles. The topological polar surface area (TPSA) is 192 Å². The van der Waals surface area contributed by atoms with Gasteiger partial charge >= 0.3 is 265 Å². The average molecular weight is 1200 g/mol. The summed E-state index contributed by atoms with van der Waals surface area (Å²) in [5, 5.41) is 34.7. The minimum absolute atomic E-state index is 0. The van der Waals surface area contributed by atoms with E-state index in [4.69, 9.17) is 39.8 Å². The first kappa shape index (κ1) is 144. The van der Waals surface area contributed by atoms with Gasteiger partial charge in [0, 0.05) is 74.6 Å². The Morgan fingerprint density at radius 2 is 0.857 bits per heavy atom. The van der Waals surface area contributed by atoms with Gasteiger partial charge < -0.3 is 55.3 Å². The van der Waals surface area contributed by atoms with E-state index in [1.807, 2.05) is 48.5 Å². The number of ether oxygens (including phenoxy) is 2. The normalized spacial score (nSPS) is 5.50. The van der Waals surface area contributed by atoms with E-state index < -0.39 is 0 Å². The van der Waals surface area contributed by atoms with E-state index in [0.29, 0.717) is 13.0 Å². The van der Waals surface area contributed by atoms with Crippen molar-refractivity contribution < 1.29 is 330 Å². The van der Waals surface area contributed by atoms with Crippen LogP contribution < -0.4 is 275 Å². The molecule has 0 unspecified atom stereocenters. The molecule has 0 aliphatic heterocycles. The third kappa shape index (κ3) is 559. The molecule has 0 aromatic rings. The van der Waals surface area contributed by atoms with Gasteiger partial charge in [0.15, 0.2) is 0 Å². The summed E-state index contributed by atoms with van der Waals surface area (Å²) < 4.78 is 9.32. The molecule has 2 N–H and O–H groups in total. The fourth-order valence-electron chi connectivity index (χ4n) is 0.698. The largest absolute Gasteiger partial charge is 1.00 e. The summed E-state index contributed by atoms with van der Waals surface area (Å²) >= 11 is 6.46. The van der Waals surface area contributed by atoms with E-state index in [1.54, 1.807) is 21.1 Å². The van der Waals surface area contributed by atoms with E-state index >= 15 is 0 Å². The molecule has 0 aliphatic rings. The fraction of sp³-hybridized carbons (Fsp3) is 0.875. The fourth-order valence-corrected chi connectivity index (χ4v) is 1.26. The van der Waals surface area contributed by atoms with Crippen LogP contribution in [0.15, 0.2) is 0 Å². The molecule has 0 bridgehead atoms. The van der Waals surface area contributed by atoms with Crippen molar-refractivity contribution in [2.75, 3.05) is 51.3 Å². The predicted octanol–water partition coefficient (Wildman–Crippen LogP) is -10.6. The second kappa shape index (κ2) is 266. The SMILES string of the molecule is Br.Br.CC.CC.CC=O.CCBr.CCCC=O.CCCCBr.CCCCO.CCCCOC.CCO.CCOC.O=CO[O-].O=CO[O-].[B].[B].[H-].[H-].[H-].[H-].[K+].[K+].[K+].[K+].[Na+].[Na+]. The molecule has 56 heavy (non-hydrogen) atoms. The number of aliphatic hydroxyl groups is 2. The van der Waals surface area contributed by atoms with E-state index in [9.17, 15) is 4.79 Å². The van der Waals surface area contributed by atoms with E-state index in [1.165, 1.54) is 32.6 Å². The van der Waals surface area contributed by atoms with Crippen molar-refractivity contribution in [2.45, 2.75) is 134 Å². The maximum absolute atomic E-state index is 9.40. The summed E-state index contributed by atoms with van der Waals surface area (Å²) in [6.07, 6.45) is 10.4. The van der Waals surface area contributed by atoms with Gasteiger partial charge in [0.1, 0.15) is 12.6 Å². The van der Waals surface area contributed by atoms with Crippen LogP contribution in [-0.4, -0.2) is 104 Å². The zero-order chi connectivity index (χ0) is 39.6. The van der Waals surface area contributed by atoms with Crippen molar-refractivity contribution in [3.63, 3.8) is 0 Å². The third-order valence-corrected chi connectivity index (χ3v) is 3.04. The molecule has 0 amide bonds. The number of hydrogen-bond acceptors (Lipinski definition) is 12. The molecule has 0 spiro atoms. The van der Waals surface area contributed by atoms with Gasteiger partial charge in [-0.1, -0.05) is 113 Å². The second-order valence-electron chi connectivity index (χ2n) is 6.20. The first-order valence-electron chi connectivity index (χ1n) is 15.7. The number of carbonyl (C=O) groups is 4. The Kier molecular flexibility index (Phi) is 684. The molecule has 0 rings (SSSR count). The number of carbonyl (C=O) groups excluding carboxylic acids is 4. The number of halogens is 4. The molecule has 0 fully saturated rings. The van der Waals surface area contributed by atoms with Crippen LogP contribution in [0, 0.1) is 0 Å². The second-order valence-corrected chi connectivity index (χ2v) is 8.12. The monoisotopic (exact) mass is 1200 g/mol. The molecular weight excluding hydrogens is 1120 g/mol. The van der Waals surface area contributed by atoms with Gasteiger partial charge in [-0.3, -0.25) is 9.59 Å².